The fourth-order valence-electron chi connectivity index (χ4n) is 4.92. The maximum absolute atomic E-state index is 12.9. The second-order valence-electron chi connectivity index (χ2n) is 8.69. The molecular weight excluding hydrogens is 394 g/mol. The zero-order chi connectivity index (χ0) is 21.6. The van der Waals surface area contributed by atoms with Crippen LogP contribution in [-0.2, 0) is 16.1 Å². The summed E-state index contributed by atoms with van der Waals surface area (Å²) < 4.78 is 7.81. The highest BCUT2D eigenvalue weighted by molar-refractivity contribution is 5.96. The Morgan fingerprint density at radius 2 is 2.00 bits per heavy atom. The van der Waals surface area contributed by atoms with E-state index in [0.29, 0.717) is 44.5 Å². The van der Waals surface area contributed by atoms with Gasteiger partial charge in [0.1, 0.15) is 11.9 Å². The smallest absolute Gasteiger partial charge is 0.312 e. The topological polar surface area (TPSA) is 84.7 Å². The normalized spacial score (nSPS) is 20.4. The Kier molecular flexibility index (Phi) is 4.68. The van der Waals surface area contributed by atoms with Crippen molar-refractivity contribution in [2.75, 3.05) is 13.1 Å². The molecule has 1 amide bonds. The SMILES string of the molecule is Cc1cc(O)ccc1C(=O)N1CCC2(CC1)CC(Cn1cnc3ccccc31)OC2=O. The molecular formula is C24H25N3O4. The van der Waals surface area contributed by atoms with Crippen LogP contribution in [-0.4, -0.2) is 50.6 Å². The standard InChI is InChI=1S/C24H25N3O4/c1-16-12-17(28)6-7-19(16)22(29)26-10-8-24(9-11-26)13-18(31-23(24)30)14-27-15-25-20-4-2-3-5-21(20)27/h2-7,12,15,18,28H,8-11,13-14H2,1H3. The summed E-state index contributed by atoms with van der Waals surface area (Å²) in [6.07, 6.45) is 3.49. The Morgan fingerprint density at radius 1 is 1.23 bits per heavy atom. The van der Waals surface area contributed by atoms with Crippen LogP contribution >= 0.6 is 0 Å². The number of ether oxygens (including phenoxy) is 1. The Morgan fingerprint density at radius 3 is 2.77 bits per heavy atom. The van der Waals surface area contributed by atoms with Gasteiger partial charge in [0.05, 0.1) is 29.3 Å². The van der Waals surface area contributed by atoms with E-state index in [4.69, 9.17) is 4.74 Å². The number of esters is 1. The summed E-state index contributed by atoms with van der Waals surface area (Å²) in [5.41, 5.74) is 2.79. The van der Waals surface area contributed by atoms with Crippen molar-refractivity contribution in [2.45, 2.75) is 38.8 Å². The van der Waals surface area contributed by atoms with Crippen molar-refractivity contribution >= 4 is 22.9 Å². The summed E-state index contributed by atoms with van der Waals surface area (Å²) in [4.78, 5) is 32.0. The third kappa shape index (κ3) is 3.44. The molecule has 2 fully saturated rings. The third-order valence-corrected chi connectivity index (χ3v) is 6.70. The fourth-order valence-corrected chi connectivity index (χ4v) is 4.92. The van der Waals surface area contributed by atoms with Crippen LogP contribution in [0.15, 0.2) is 48.8 Å². The molecule has 1 unspecified atom stereocenters. The maximum atomic E-state index is 12.9. The van der Waals surface area contributed by atoms with E-state index in [1.54, 1.807) is 23.4 Å². The minimum Gasteiger partial charge on any atom is -0.508 e. The van der Waals surface area contributed by atoms with Gasteiger partial charge >= 0.3 is 5.97 Å². The second-order valence-corrected chi connectivity index (χ2v) is 8.69. The molecule has 0 bridgehead atoms. The lowest BCUT2D eigenvalue weighted by Crippen LogP contribution is -2.45. The van der Waals surface area contributed by atoms with E-state index in [1.807, 2.05) is 35.8 Å². The highest BCUT2D eigenvalue weighted by Gasteiger charge is 2.51. The van der Waals surface area contributed by atoms with E-state index < -0.39 is 5.41 Å². The first-order valence-electron chi connectivity index (χ1n) is 10.7. The molecule has 1 atom stereocenters. The summed E-state index contributed by atoms with van der Waals surface area (Å²) in [5.74, 6) is -0.0490. The molecule has 2 aromatic carbocycles. The number of cyclic esters (lactones) is 1. The number of phenols is 1. The summed E-state index contributed by atoms with van der Waals surface area (Å²) in [6.45, 7) is 3.45. The van der Waals surface area contributed by atoms with Gasteiger partial charge in [-0.1, -0.05) is 12.1 Å². The first-order chi connectivity index (χ1) is 14.9. The lowest BCUT2D eigenvalue weighted by atomic mass is 9.76. The van der Waals surface area contributed by atoms with Gasteiger partial charge in [0.2, 0.25) is 0 Å². The number of aromatic nitrogens is 2. The van der Waals surface area contributed by atoms with Gasteiger partial charge < -0.3 is 19.3 Å². The minimum absolute atomic E-state index is 0.0554. The zero-order valence-corrected chi connectivity index (χ0v) is 17.5. The summed E-state index contributed by atoms with van der Waals surface area (Å²) in [7, 11) is 0. The number of carbonyl (C=O) groups is 2. The molecule has 1 aromatic heterocycles. The number of benzene rings is 2. The fraction of sp³-hybridized carbons (Fsp3) is 0.375. The van der Waals surface area contributed by atoms with Gasteiger partial charge in [-0.25, -0.2) is 4.98 Å². The van der Waals surface area contributed by atoms with Gasteiger partial charge in [-0.2, -0.15) is 0 Å². The Labute approximate surface area is 180 Å². The number of hydrogen-bond donors (Lipinski definition) is 1. The molecule has 0 aliphatic carbocycles. The number of likely N-dealkylation sites (tertiary alicyclic amines) is 1. The van der Waals surface area contributed by atoms with Crippen LogP contribution in [0.25, 0.3) is 11.0 Å². The van der Waals surface area contributed by atoms with Crippen molar-refractivity contribution in [1.82, 2.24) is 14.5 Å². The molecule has 2 saturated heterocycles. The summed E-state index contributed by atoms with van der Waals surface area (Å²) in [5, 5.41) is 9.59. The van der Waals surface area contributed by atoms with Gasteiger partial charge in [-0.3, -0.25) is 9.59 Å². The van der Waals surface area contributed by atoms with E-state index in [2.05, 4.69) is 4.98 Å². The number of nitrogens with zero attached hydrogens (tertiary/aromatic N) is 3. The van der Waals surface area contributed by atoms with Crippen molar-refractivity contribution in [1.29, 1.82) is 0 Å². The number of carbonyl (C=O) groups excluding carboxylic acids is 2. The van der Waals surface area contributed by atoms with E-state index >= 15 is 0 Å². The van der Waals surface area contributed by atoms with Crippen LogP contribution in [0.1, 0.15) is 35.2 Å². The largest absolute Gasteiger partial charge is 0.508 e. The summed E-state index contributed by atoms with van der Waals surface area (Å²) >= 11 is 0. The Hall–Kier alpha value is -3.35. The average molecular weight is 419 g/mol. The predicted octanol–water partition coefficient (Wildman–Crippen LogP) is 3.29. The van der Waals surface area contributed by atoms with Crippen molar-refractivity contribution in [3.05, 3.63) is 59.9 Å². The molecule has 5 rings (SSSR count). The number of rotatable bonds is 3. The number of piperidine rings is 1. The number of para-hydroxylation sites is 2. The van der Waals surface area contributed by atoms with Crippen molar-refractivity contribution in [3.8, 4) is 5.75 Å². The van der Waals surface area contributed by atoms with Gasteiger partial charge in [0.25, 0.3) is 5.91 Å². The molecule has 31 heavy (non-hydrogen) atoms. The average Bonchev–Trinajstić information content (AvgIpc) is 3.29. The van der Waals surface area contributed by atoms with Gasteiger partial charge in [-0.15, -0.1) is 0 Å². The number of aryl methyl sites for hydroxylation is 1. The molecule has 1 spiro atoms. The molecule has 1 N–H and O–H groups in total. The Bertz CT molecular complexity index is 1160. The van der Waals surface area contributed by atoms with Crippen LogP contribution in [0.4, 0.5) is 0 Å². The second kappa shape index (κ2) is 7.41. The van der Waals surface area contributed by atoms with E-state index in [1.165, 1.54) is 6.07 Å². The first kappa shape index (κ1) is 19.6. The third-order valence-electron chi connectivity index (χ3n) is 6.70. The molecule has 3 aromatic rings. The monoisotopic (exact) mass is 419 g/mol. The zero-order valence-electron chi connectivity index (χ0n) is 17.5. The lowest BCUT2D eigenvalue weighted by Gasteiger charge is -2.36. The minimum atomic E-state index is -0.512. The molecule has 160 valence electrons. The van der Waals surface area contributed by atoms with Crippen LogP contribution in [0, 0.1) is 12.3 Å². The number of phenolic OH excluding ortho intramolecular Hbond substituents is 1. The molecule has 2 aliphatic heterocycles. The molecule has 7 nitrogen and oxygen atoms in total. The van der Waals surface area contributed by atoms with Crippen LogP contribution in [0.3, 0.4) is 0 Å². The number of amides is 1. The van der Waals surface area contributed by atoms with E-state index in [9.17, 15) is 14.7 Å². The van der Waals surface area contributed by atoms with Crippen molar-refractivity contribution in [3.63, 3.8) is 0 Å². The van der Waals surface area contributed by atoms with Gasteiger partial charge in [-0.05, 0) is 55.7 Å². The molecule has 2 aliphatic rings. The quantitative estimate of drug-likeness (QED) is 0.659. The van der Waals surface area contributed by atoms with Gasteiger partial charge in [0, 0.05) is 25.1 Å². The molecule has 7 heteroatoms. The van der Waals surface area contributed by atoms with Crippen LogP contribution in [0.5, 0.6) is 5.75 Å². The van der Waals surface area contributed by atoms with E-state index in [0.717, 1.165) is 16.6 Å². The molecule has 0 radical (unpaired) electrons. The number of imidazole rings is 1. The maximum Gasteiger partial charge on any atom is 0.312 e. The van der Waals surface area contributed by atoms with Gasteiger partial charge in [0.15, 0.2) is 0 Å². The lowest BCUT2D eigenvalue weighted by molar-refractivity contribution is -0.150. The van der Waals surface area contributed by atoms with E-state index in [-0.39, 0.29) is 23.7 Å². The molecule has 0 saturated carbocycles. The van der Waals surface area contributed by atoms with Crippen molar-refractivity contribution < 1.29 is 19.4 Å². The number of aromatic hydroxyl groups is 1. The molecule has 3 heterocycles. The predicted molar refractivity (Wildman–Crippen MR) is 115 cm³/mol. The Balaban J connectivity index is 1.26. The highest BCUT2D eigenvalue weighted by atomic mass is 16.6. The van der Waals surface area contributed by atoms with Crippen LogP contribution in [0.2, 0.25) is 0 Å². The number of fused-ring (bicyclic) bond motifs is 1. The summed E-state index contributed by atoms with van der Waals surface area (Å²) in [6, 6.07) is 12.7. The van der Waals surface area contributed by atoms with Crippen molar-refractivity contribution in [2.24, 2.45) is 5.41 Å². The first-order valence-corrected chi connectivity index (χ1v) is 10.7. The van der Waals surface area contributed by atoms with Crippen LogP contribution < -0.4 is 0 Å². The number of hydrogen-bond acceptors (Lipinski definition) is 5. The highest BCUT2D eigenvalue weighted by Crippen LogP contribution is 2.44.